The number of rotatable bonds is 2. The van der Waals surface area contributed by atoms with Gasteiger partial charge in [0.25, 0.3) is 0 Å². The van der Waals surface area contributed by atoms with E-state index in [1.54, 1.807) is 0 Å². The quantitative estimate of drug-likeness (QED) is 0.776. The van der Waals surface area contributed by atoms with Crippen molar-refractivity contribution in [2.45, 2.75) is 24.9 Å². The normalized spacial score (nSPS) is 15.6. The van der Waals surface area contributed by atoms with Gasteiger partial charge in [0.1, 0.15) is 0 Å². The van der Waals surface area contributed by atoms with Crippen LogP contribution < -0.4 is 11.1 Å². The van der Waals surface area contributed by atoms with Gasteiger partial charge in [-0.3, -0.25) is 4.79 Å². The summed E-state index contributed by atoms with van der Waals surface area (Å²) in [7, 11) is 0. The highest BCUT2D eigenvalue weighted by molar-refractivity contribution is 5.92. The van der Waals surface area contributed by atoms with E-state index in [9.17, 15) is 18.0 Å². The van der Waals surface area contributed by atoms with Crippen LogP contribution in [-0.4, -0.2) is 36.2 Å². The molecule has 1 saturated heterocycles. The molecule has 22 heavy (non-hydrogen) atoms. The van der Waals surface area contributed by atoms with Crippen molar-refractivity contribution in [2.75, 3.05) is 13.1 Å². The zero-order valence-corrected chi connectivity index (χ0v) is 11.7. The Labute approximate surface area is 125 Å². The van der Waals surface area contributed by atoms with Crippen molar-refractivity contribution in [3.63, 3.8) is 0 Å². The van der Waals surface area contributed by atoms with Crippen LogP contribution >= 0.6 is 0 Å². The molecule has 5 nitrogen and oxygen atoms in total. The van der Waals surface area contributed by atoms with Crippen molar-refractivity contribution in [3.05, 3.63) is 35.4 Å². The minimum Gasteiger partial charge on any atom is -0.475 e. The highest BCUT2D eigenvalue weighted by atomic mass is 19.4. The number of alkyl halides is 3. The molecule has 1 aromatic carbocycles. The second-order valence-electron chi connectivity index (χ2n) is 4.81. The zero-order valence-electron chi connectivity index (χ0n) is 11.7. The second-order valence-corrected chi connectivity index (χ2v) is 4.81. The summed E-state index contributed by atoms with van der Waals surface area (Å²) in [6.07, 6.45) is -2.73. The minimum absolute atomic E-state index is 0.355. The van der Waals surface area contributed by atoms with Gasteiger partial charge < -0.3 is 16.2 Å². The first kappa shape index (κ1) is 18.0. The van der Waals surface area contributed by atoms with E-state index in [0.717, 1.165) is 13.1 Å². The number of halogens is 3. The summed E-state index contributed by atoms with van der Waals surface area (Å²) >= 11 is 0. The first-order valence-electron chi connectivity index (χ1n) is 6.62. The van der Waals surface area contributed by atoms with Gasteiger partial charge in [-0.05, 0) is 49.5 Å². The average molecular weight is 318 g/mol. The summed E-state index contributed by atoms with van der Waals surface area (Å²) in [6.45, 7) is 2.17. The number of carbonyl (C=O) groups is 2. The number of amides is 1. The fourth-order valence-corrected chi connectivity index (χ4v) is 2.07. The first-order chi connectivity index (χ1) is 10.2. The lowest BCUT2D eigenvalue weighted by atomic mass is 9.90. The highest BCUT2D eigenvalue weighted by Crippen LogP contribution is 2.25. The van der Waals surface area contributed by atoms with Gasteiger partial charge in [0.2, 0.25) is 5.91 Å². The van der Waals surface area contributed by atoms with E-state index in [2.05, 4.69) is 5.32 Å². The fourth-order valence-electron chi connectivity index (χ4n) is 2.07. The predicted molar refractivity (Wildman–Crippen MR) is 73.5 cm³/mol. The van der Waals surface area contributed by atoms with Gasteiger partial charge in [0.05, 0.1) is 0 Å². The van der Waals surface area contributed by atoms with Crippen LogP contribution in [0.3, 0.4) is 0 Å². The molecular weight excluding hydrogens is 301 g/mol. The van der Waals surface area contributed by atoms with Crippen molar-refractivity contribution in [2.24, 2.45) is 5.73 Å². The number of primary amides is 1. The smallest absolute Gasteiger partial charge is 0.475 e. The van der Waals surface area contributed by atoms with Crippen LogP contribution in [0.15, 0.2) is 24.3 Å². The second kappa shape index (κ2) is 7.79. The van der Waals surface area contributed by atoms with Crippen LogP contribution in [0.2, 0.25) is 0 Å². The lowest BCUT2D eigenvalue weighted by molar-refractivity contribution is -0.192. The predicted octanol–water partition coefficient (Wildman–Crippen LogP) is 1.89. The van der Waals surface area contributed by atoms with Crippen LogP contribution in [0.1, 0.15) is 34.7 Å². The van der Waals surface area contributed by atoms with Crippen LogP contribution in [0.5, 0.6) is 0 Å². The highest BCUT2D eigenvalue weighted by Gasteiger charge is 2.38. The molecule has 0 aliphatic carbocycles. The number of benzene rings is 1. The van der Waals surface area contributed by atoms with Crippen molar-refractivity contribution in [3.8, 4) is 0 Å². The molecule has 0 bridgehead atoms. The molecule has 0 unspecified atom stereocenters. The topological polar surface area (TPSA) is 92.4 Å². The minimum atomic E-state index is -5.08. The third-order valence-corrected chi connectivity index (χ3v) is 3.25. The Morgan fingerprint density at radius 3 is 1.95 bits per heavy atom. The summed E-state index contributed by atoms with van der Waals surface area (Å²) < 4.78 is 31.7. The lowest BCUT2D eigenvalue weighted by Crippen LogP contribution is -2.26. The first-order valence-corrected chi connectivity index (χ1v) is 6.62. The van der Waals surface area contributed by atoms with Gasteiger partial charge in [-0.1, -0.05) is 12.1 Å². The number of nitrogens with two attached hydrogens (primary N) is 1. The SMILES string of the molecule is NC(=O)c1ccc(C2CCNCC2)cc1.O=C(O)C(F)(F)F. The summed E-state index contributed by atoms with van der Waals surface area (Å²) in [5.41, 5.74) is 7.10. The molecule has 4 N–H and O–H groups in total. The van der Waals surface area contributed by atoms with Gasteiger partial charge in [0.15, 0.2) is 0 Å². The summed E-state index contributed by atoms with van der Waals surface area (Å²) in [6, 6.07) is 7.69. The number of carboxylic acid groups (broad SMARTS) is 1. The molecule has 0 radical (unpaired) electrons. The van der Waals surface area contributed by atoms with E-state index in [1.807, 2.05) is 24.3 Å². The number of nitrogens with one attached hydrogen (secondary N) is 1. The summed E-state index contributed by atoms with van der Waals surface area (Å²) in [5.74, 6) is -2.48. The fraction of sp³-hybridized carbons (Fsp3) is 0.429. The molecule has 0 atom stereocenters. The average Bonchev–Trinajstić information content (AvgIpc) is 2.48. The molecule has 8 heteroatoms. The molecule has 1 heterocycles. The molecule has 0 saturated carbocycles. The van der Waals surface area contributed by atoms with Crippen molar-refractivity contribution in [1.29, 1.82) is 0 Å². The molecule has 0 aromatic heterocycles. The number of carbonyl (C=O) groups excluding carboxylic acids is 1. The largest absolute Gasteiger partial charge is 0.490 e. The monoisotopic (exact) mass is 318 g/mol. The lowest BCUT2D eigenvalue weighted by Gasteiger charge is -2.22. The number of hydrogen-bond acceptors (Lipinski definition) is 3. The number of piperidine rings is 1. The van der Waals surface area contributed by atoms with Crippen molar-refractivity contribution >= 4 is 11.9 Å². The molecule has 1 aromatic rings. The van der Waals surface area contributed by atoms with E-state index < -0.39 is 12.1 Å². The Morgan fingerprint density at radius 2 is 1.59 bits per heavy atom. The van der Waals surface area contributed by atoms with Crippen molar-refractivity contribution in [1.82, 2.24) is 5.32 Å². The van der Waals surface area contributed by atoms with Gasteiger partial charge in [-0.2, -0.15) is 13.2 Å². The zero-order chi connectivity index (χ0) is 16.8. The Bertz CT molecular complexity index is 509. The molecular formula is C14H17F3N2O3. The maximum Gasteiger partial charge on any atom is 0.490 e. The molecule has 122 valence electrons. The van der Waals surface area contributed by atoms with E-state index in [-0.39, 0.29) is 5.91 Å². The number of carboxylic acids is 1. The van der Waals surface area contributed by atoms with Crippen molar-refractivity contribution < 1.29 is 27.9 Å². The van der Waals surface area contributed by atoms with Crippen LogP contribution in [0.25, 0.3) is 0 Å². The van der Waals surface area contributed by atoms with Crippen LogP contribution in [0.4, 0.5) is 13.2 Å². The maximum absolute atomic E-state index is 10.9. The summed E-state index contributed by atoms with van der Waals surface area (Å²) in [4.78, 5) is 19.8. The summed E-state index contributed by atoms with van der Waals surface area (Å²) in [5, 5.41) is 10.5. The Morgan fingerprint density at radius 1 is 1.14 bits per heavy atom. The molecule has 1 aliphatic rings. The van der Waals surface area contributed by atoms with Gasteiger partial charge in [0, 0.05) is 5.56 Å². The number of hydrogen-bond donors (Lipinski definition) is 3. The Balaban J connectivity index is 0.000000295. The molecule has 0 spiro atoms. The van der Waals surface area contributed by atoms with E-state index in [4.69, 9.17) is 15.6 Å². The van der Waals surface area contributed by atoms with Gasteiger partial charge >= 0.3 is 12.1 Å². The molecule has 2 rings (SSSR count). The standard InChI is InChI=1S/C12H16N2O.C2HF3O2/c13-12(15)11-3-1-9(2-4-11)10-5-7-14-8-6-10;3-2(4,5)1(6)7/h1-4,10,14H,5-8H2,(H2,13,15);(H,6,7). The molecule has 1 fully saturated rings. The van der Waals surface area contributed by atoms with Crippen LogP contribution in [0, 0.1) is 0 Å². The third-order valence-electron chi connectivity index (χ3n) is 3.25. The van der Waals surface area contributed by atoms with Crippen LogP contribution in [-0.2, 0) is 4.79 Å². The van der Waals surface area contributed by atoms with Gasteiger partial charge in [-0.25, -0.2) is 4.79 Å². The Hall–Kier alpha value is -2.09. The third kappa shape index (κ3) is 5.72. The van der Waals surface area contributed by atoms with E-state index in [1.165, 1.54) is 18.4 Å². The molecule has 1 amide bonds. The number of aliphatic carboxylic acids is 1. The van der Waals surface area contributed by atoms with E-state index in [0.29, 0.717) is 11.5 Å². The molecule has 1 aliphatic heterocycles. The Kier molecular flexibility index (Phi) is 6.36. The van der Waals surface area contributed by atoms with E-state index >= 15 is 0 Å². The maximum atomic E-state index is 10.9. The van der Waals surface area contributed by atoms with Gasteiger partial charge in [-0.15, -0.1) is 0 Å².